The molecule has 0 heterocycles. The SMILES string of the molecule is COc1ccc(OC)c2cc(C(=O)O[Si](C)(C)C(C)(C)C)c(O[Si](C)(C)C(C)(C)C)cc12. The number of methoxy groups -OCH3 is 2. The number of fused-ring (bicyclic) bond motifs is 1. The molecule has 32 heavy (non-hydrogen) atoms. The van der Waals surface area contributed by atoms with Crippen LogP contribution in [-0.2, 0) is 4.43 Å². The zero-order valence-electron chi connectivity index (χ0n) is 21.9. The van der Waals surface area contributed by atoms with Gasteiger partial charge in [-0.05, 0) is 60.5 Å². The van der Waals surface area contributed by atoms with E-state index in [4.69, 9.17) is 18.3 Å². The molecular weight excluding hydrogens is 436 g/mol. The van der Waals surface area contributed by atoms with Crippen LogP contribution in [0.25, 0.3) is 10.8 Å². The maximum Gasteiger partial charge on any atom is 0.328 e. The first-order valence-electron chi connectivity index (χ1n) is 11.1. The van der Waals surface area contributed by atoms with Gasteiger partial charge in [0.25, 0.3) is 16.6 Å². The van der Waals surface area contributed by atoms with Crippen LogP contribution in [0.5, 0.6) is 17.2 Å². The molecule has 0 spiro atoms. The lowest BCUT2D eigenvalue weighted by molar-refractivity contribution is 0.0710. The van der Waals surface area contributed by atoms with Crippen molar-refractivity contribution in [2.75, 3.05) is 14.2 Å². The van der Waals surface area contributed by atoms with Crippen molar-refractivity contribution in [2.24, 2.45) is 0 Å². The second kappa shape index (κ2) is 8.74. The van der Waals surface area contributed by atoms with Gasteiger partial charge in [0.1, 0.15) is 17.2 Å². The fourth-order valence-corrected chi connectivity index (χ4v) is 4.69. The molecule has 2 aromatic carbocycles. The molecule has 178 valence electrons. The Hall–Kier alpha value is -2.00. The number of hydrogen-bond acceptors (Lipinski definition) is 5. The maximum absolute atomic E-state index is 13.5. The molecule has 0 aromatic heterocycles. The van der Waals surface area contributed by atoms with Gasteiger partial charge in [-0.2, -0.15) is 0 Å². The van der Waals surface area contributed by atoms with Gasteiger partial charge in [0.2, 0.25) is 0 Å². The Morgan fingerprint density at radius 2 is 1.16 bits per heavy atom. The van der Waals surface area contributed by atoms with Crippen LogP contribution in [0, 0.1) is 0 Å². The summed E-state index contributed by atoms with van der Waals surface area (Å²) in [5.74, 6) is 1.56. The Bertz CT molecular complexity index is 998. The highest BCUT2D eigenvalue weighted by atomic mass is 28.4. The van der Waals surface area contributed by atoms with E-state index in [1.165, 1.54) is 0 Å². The zero-order valence-corrected chi connectivity index (χ0v) is 23.9. The molecule has 2 aromatic rings. The molecule has 0 saturated carbocycles. The van der Waals surface area contributed by atoms with Crippen LogP contribution in [0.4, 0.5) is 0 Å². The molecule has 0 aliphatic heterocycles. The van der Waals surface area contributed by atoms with Gasteiger partial charge in [-0.25, -0.2) is 4.79 Å². The van der Waals surface area contributed by atoms with E-state index in [9.17, 15) is 4.79 Å². The van der Waals surface area contributed by atoms with E-state index < -0.39 is 16.6 Å². The minimum Gasteiger partial charge on any atom is -0.543 e. The molecule has 0 aliphatic rings. The second-order valence-corrected chi connectivity index (χ2v) is 20.8. The number of hydrogen-bond donors (Lipinski definition) is 0. The first-order chi connectivity index (χ1) is 14.4. The minimum absolute atomic E-state index is 0.0268. The molecule has 0 unspecified atom stereocenters. The summed E-state index contributed by atoms with van der Waals surface area (Å²) >= 11 is 0. The summed E-state index contributed by atoms with van der Waals surface area (Å²) in [4.78, 5) is 13.5. The van der Waals surface area contributed by atoms with Gasteiger partial charge in [-0.3, -0.25) is 0 Å². The predicted molar refractivity (Wildman–Crippen MR) is 137 cm³/mol. The van der Waals surface area contributed by atoms with Crippen LogP contribution in [0.15, 0.2) is 24.3 Å². The summed E-state index contributed by atoms with van der Waals surface area (Å²) in [5.41, 5.74) is 0.429. The van der Waals surface area contributed by atoms with Crippen molar-refractivity contribution in [1.82, 2.24) is 0 Å². The topological polar surface area (TPSA) is 54.0 Å². The number of carbonyl (C=O) groups is 1. The van der Waals surface area contributed by atoms with E-state index in [-0.39, 0.29) is 16.0 Å². The summed E-state index contributed by atoms with van der Waals surface area (Å²) in [6.45, 7) is 21.4. The van der Waals surface area contributed by atoms with E-state index in [1.807, 2.05) is 24.3 Å². The molecule has 0 atom stereocenters. The lowest BCUT2D eigenvalue weighted by Gasteiger charge is -2.38. The van der Waals surface area contributed by atoms with Crippen molar-refractivity contribution >= 4 is 33.4 Å². The maximum atomic E-state index is 13.5. The molecule has 2 rings (SSSR count). The van der Waals surface area contributed by atoms with Crippen LogP contribution >= 0.6 is 0 Å². The van der Waals surface area contributed by atoms with Crippen LogP contribution in [0.1, 0.15) is 51.9 Å². The van der Waals surface area contributed by atoms with Crippen LogP contribution in [0.2, 0.25) is 36.3 Å². The van der Waals surface area contributed by atoms with Crippen molar-refractivity contribution < 1.29 is 23.1 Å². The second-order valence-electron chi connectivity index (χ2n) is 11.4. The highest BCUT2D eigenvalue weighted by Gasteiger charge is 2.42. The third-order valence-corrected chi connectivity index (χ3v) is 15.7. The average Bonchev–Trinajstić information content (AvgIpc) is 2.64. The quantitative estimate of drug-likeness (QED) is 0.406. The Balaban J connectivity index is 2.76. The van der Waals surface area contributed by atoms with Gasteiger partial charge >= 0.3 is 5.97 Å². The summed E-state index contributed by atoms with van der Waals surface area (Å²) in [7, 11) is -1.30. The van der Waals surface area contributed by atoms with Crippen molar-refractivity contribution in [3.63, 3.8) is 0 Å². The summed E-state index contributed by atoms with van der Waals surface area (Å²) in [5, 5.41) is 1.50. The predicted octanol–water partition coefficient (Wildman–Crippen LogP) is 7.40. The van der Waals surface area contributed by atoms with Crippen LogP contribution in [0.3, 0.4) is 0 Å². The van der Waals surface area contributed by atoms with Gasteiger partial charge in [0.05, 0.1) is 19.8 Å². The average molecular weight is 477 g/mol. The van der Waals surface area contributed by atoms with Crippen molar-refractivity contribution in [3.05, 3.63) is 29.8 Å². The van der Waals surface area contributed by atoms with E-state index in [0.717, 1.165) is 10.8 Å². The summed E-state index contributed by atoms with van der Waals surface area (Å²) in [6.07, 6.45) is 0. The van der Waals surface area contributed by atoms with E-state index in [0.29, 0.717) is 22.8 Å². The molecule has 0 bridgehead atoms. The fraction of sp³-hybridized carbons (Fsp3) is 0.560. The third kappa shape index (κ3) is 5.14. The van der Waals surface area contributed by atoms with Gasteiger partial charge < -0.3 is 18.3 Å². The zero-order chi connectivity index (χ0) is 24.7. The van der Waals surface area contributed by atoms with Crippen LogP contribution in [-0.4, -0.2) is 36.8 Å². The summed E-state index contributed by atoms with van der Waals surface area (Å²) < 4.78 is 24.0. The number of ether oxygens (including phenoxy) is 2. The largest absolute Gasteiger partial charge is 0.543 e. The molecule has 0 N–H and O–H groups in total. The number of rotatable bonds is 6. The molecule has 7 heteroatoms. The summed E-state index contributed by atoms with van der Waals surface area (Å²) in [6, 6.07) is 7.44. The van der Waals surface area contributed by atoms with Gasteiger partial charge in [0.15, 0.2) is 0 Å². The Morgan fingerprint density at radius 1 is 0.719 bits per heavy atom. The molecule has 5 nitrogen and oxygen atoms in total. The molecule has 0 saturated heterocycles. The minimum atomic E-state index is -2.33. The third-order valence-electron chi connectivity index (χ3n) is 7.02. The highest BCUT2D eigenvalue weighted by Crippen LogP contribution is 2.43. The van der Waals surface area contributed by atoms with Gasteiger partial charge in [-0.15, -0.1) is 0 Å². The van der Waals surface area contributed by atoms with Gasteiger partial charge in [-0.1, -0.05) is 41.5 Å². The molecule has 0 radical (unpaired) electrons. The molecule has 0 aliphatic carbocycles. The number of benzene rings is 2. The lowest BCUT2D eigenvalue weighted by Crippen LogP contribution is -2.45. The van der Waals surface area contributed by atoms with E-state index in [2.05, 4.69) is 67.7 Å². The van der Waals surface area contributed by atoms with E-state index >= 15 is 0 Å². The molecule has 0 amide bonds. The first kappa shape index (κ1) is 26.3. The standard InChI is InChI=1S/C25H40O5Si2/c1-24(2,3)31(9,10)29-22-16-18-17(20(27-7)13-14-21(18)28-8)15-19(22)23(26)30-32(11,12)25(4,5)6/h13-16H,1-12H3. The van der Waals surface area contributed by atoms with E-state index in [1.54, 1.807) is 14.2 Å². The van der Waals surface area contributed by atoms with Crippen molar-refractivity contribution in [1.29, 1.82) is 0 Å². The Kier molecular flexibility index (Phi) is 7.17. The first-order valence-corrected chi connectivity index (χ1v) is 16.9. The fourth-order valence-electron chi connectivity index (χ4n) is 2.79. The number of carbonyl (C=O) groups excluding carboxylic acids is 1. The van der Waals surface area contributed by atoms with Crippen molar-refractivity contribution in [2.45, 2.75) is 77.8 Å². The molecule has 0 fully saturated rings. The monoisotopic (exact) mass is 476 g/mol. The lowest BCUT2D eigenvalue weighted by atomic mass is 10.0. The van der Waals surface area contributed by atoms with Gasteiger partial charge in [0, 0.05) is 10.8 Å². The van der Waals surface area contributed by atoms with Crippen LogP contribution < -0.4 is 13.9 Å². The smallest absolute Gasteiger partial charge is 0.328 e. The molecular formula is C25H40O5Si2. The Morgan fingerprint density at radius 3 is 1.56 bits per heavy atom. The Labute approximate surface area is 195 Å². The van der Waals surface area contributed by atoms with Crippen molar-refractivity contribution in [3.8, 4) is 17.2 Å². The highest BCUT2D eigenvalue weighted by molar-refractivity contribution is 6.76. The normalized spacial score (nSPS) is 13.1.